The number of carbonyl (C=O) groups is 1. The molecule has 28 heavy (non-hydrogen) atoms. The van der Waals surface area contributed by atoms with Crippen LogP contribution in [0, 0.1) is 34.6 Å². The van der Waals surface area contributed by atoms with Crippen LogP contribution in [0.4, 0.5) is 5.69 Å². The third-order valence-corrected chi connectivity index (χ3v) is 7.57. The minimum Gasteiger partial charge on any atom is -0.268 e. The summed E-state index contributed by atoms with van der Waals surface area (Å²) >= 11 is 1.20. The Labute approximate surface area is 169 Å². The van der Waals surface area contributed by atoms with Gasteiger partial charge in [0, 0.05) is 12.7 Å². The first-order valence-corrected chi connectivity index (χ1v) is 11.1. The van der Waals surface area contributed by atoms with Crippen LogP contribution in [0.5, 0.6) is 0 Å². The fraction of sp³-hybridized carbons (Fsp3) is 0.300. The van der Waals surface area contributed by atoms with Gasteiger partial charge in [0.15, 0.2) is 0 Å². The molecule has 0 unspecified atom stereocenters. The van der Waals surface area contributed by atoms with Gasteiger partial charge < -0.3 is 0 Å². The number of nitrogens with zero attached hydrogens (tertiary/aromatic N) is 3. The van der Waals surface area contributed by atoms with Gasteiger partial charge in [-0.15, -0.1) is 11.3 Å². The van der Waals surface area contributed by atoms with E-state index in [1.165, 1.54) is 27.4 Å². The van der Waals surface area contributed by atoms with Gasteiger partial charge in [0.05, 0.1) is 16.3 Å². The van der Waals surface area contributed by atoms with E-state index in [4.69, 9.17) is 0 Å². The van der Waals surface area contributed by atoms with Crippen molar-refractivity contribution in [2.45, 2.75) is 39.5 Å². The second-order valence-electron chi connectivity index (χ2n) is 6.98. The quantitative estimate of drug-likeness (QED) is 0.643. The lowest BCUT2D eigenvalue weighted by Crippen LogP contribution is -2.29. The molecule has 0 saturated heterocycles. The molecule has 0 aliphatic rings. The van der Waals surface area contributed by atoms with E-state index in [-0.39, 0.29) is 10.8 Å². The first-order chi connectivity index (χ1) is 13.0. The number of thiophene rings is 1. The Morgan fingerprint density at radius 1 is 1.07 bits per heavy atom. The molecule has 0 spiro atoms. The number of carbonyl (C=O) groups excluding carboxylic acids is 1. The molecule has 0 fully saturated rings. The van der Waals surface area contributed by atoms with Crippen molar-refractivity contribution >= 4 is 33.0 Å². The van der Waals surface area contributed by atoms with Crippen molar-refractivity contribution in [3.05, 3.63) is 62.6 Å². The summed E-state index contributed by atoms with van der Waals surface area (Å²) in [5.41, 5.74) is 4.17. The molecule has 0 bridgehead atoms. The molecule has 6 nitrogen and oxygen atoms in total. The van der Waals surface area contributed by atoms with Crippen LogP contribution in [-0.2, 0) is 10.0 Å². The average Bonchev–Trinajstić information content (AvgIpc) is 3.18. The molecule has 3 aromatic rings. The van der Waals surface area contributed by atoms with E-state index in [0.717, 1.165) is 11.3 Å². The minimum atomic E-state index is -3.83. The molecule has 0 aliphatic heterocycles. The van der Waals surface area contributed by atoms with Crippen LogP contribution in [0.2, 0.25) is 0 Å². The topological polar surface area (TPSA) is 72.3 Å². The maximum absolute atomic E-state index is 13.4. The Bertz CT molecular complexity index is 1150. The Kier molecular flexibility index (Phi) is 5.20. The number of rotatable bonds is 4. The zero-order valence-corrected chi connectivity index (χ0v) is 18.4. The monoisotopic (exact) mass is 417 g/mol. The molecule has 0 aliphatic carbocycles. The summed E-state index contributed by atoms with van der Waals surface area (Å²) in [7, 11) is -2.34. The van der Waals surface area contributed by atoms with Gasteiger partial charge in [0.2, 0.25) is 0 Å². The zero-order valence-electron chi connectivity index (χ0n) is 16.8. The van der Waals surface area contributed by atoms with Crippen molar-refractivity contribution in [1.82, 2.24) is 9.78 Å². The smallest absolute Gasteiger partial charge is 0.268 e. The van der Waals surface area contributed by atoms with Gasteiger partial charge >= 0.3 is 0 Å². The minimum absolute atomic E-state index is 0.274. The summed E-state index contributed by atoms with van der Waals surface area (Å²) < 4.78 is 29.2. The largest absolute Gasteiger partial charge is 0.290 e. The number of anilines is 1. The molecule has 0 amide bonds. The SMILES string of the molecule is Cc1cc(C)c(S(=O)(=O)N(C)c2ccsc2C(=O)n2nc(C)cc2C)c(C)c1. The molecule has 1 aromatic carbocycles. The maximum Gasteiger partial charge on any atom is 0.290 e. The van der Waals surface area contributed by atoms with E-state index in [0.29, 0.717) is 27.4 Å². The molecule has 8 heteroatoms. The van der Waals surface area contributed by atoms with Crippen molar-refractivity contribution in [1.29, 1.82) is 0 Å². The van der Waals surface area contributed by atoms with Gasteiger partial charge in [-0.2, -0.15) is 5.10 Å². The Balaban J connectivity index is 2.08. The van der Waals surface area contributed by atoms with Gasteiger partial charge in [-0.05, 0) is 63.3 Å². The molecule has 2 heterocycles. The lowest BCUT2D eigenvalue weighted by molar-refractivity contribution is 0.0947. The van der Waals surface area contributed by atoms with Crippen molar-refractivity contribution in [2.75, 3.05) is 11.4 Å². The standard InChI is InChI=1S/C20H23N3O3S2/c1-12-9-13(2)19(14(3)10-12)28(25,26)22(6)17-7-8-27-18(17)20(24)23-16(5)11-15(4)21-23/h7-11H,1-6H3. The van der Waals surface area contributed by atoms with Crippen LogP contribution >= 0.6 is 11.3 Å². The highest BCUT2D eigenvalue weighted by molar-refractivity contribution is 7.93. The van der Waals surface area contributed by atoms with Gasteiger partial charge in [0.1, 0.15) is 4.88 Å². The second kappa shape index (κ2) is 7.18. The van der Waals surface area contributed by atoms with Gasteiger partial charge in [0.25, 0.3) is 15.9 Å². The predicted molar refractivity (Wildman–Crippen MR) is 112 cm³/mol. The predicted octanol–water partition coefficient (Wildman–Crippen LogP) is 4.00. The third kappa shape index (κ3) is 3.38. The molecule has 0 atom stereocenters. The van der Waals surface area contributed by atoms with E-state index >= 15 is 0 Å². The Hall–Kier alpha value is -2.45. The van der Waals surface area contributed by atoms with Crippen molar-refractivity contribution in [2.24, 2.45) is 0 Å². The molecule has 148 valence electrons. The van der Waals surface area contributed by atoms with Crippen LogP contribution in [0.1, 0.15) is 37.7 Å². The van der Waals surface area contributed by atoms with E-state index in [9.17, 15) is 13.2 Å². The number of aryl methyl sites for hydroxylation is 5. The maximum atomic E-state index is 13.4. The molecular formula is C20H23N3O3S2. The Morgan fingerprint density at radius 2 is 1.68 bits per heavy atom. The number of hydrogen-bond donors (Lipinski definition) is 0. The molecular weight excluding hydrogens is 394 g/mol. The van der Waals surface area contributed by atoms with Crippen molar-refractivity contribution < 1.29 is 13.2 Å². The summed E-state index contributed by atoms with van der Waals surface area (Å²) in [5.74, 6) is -0.338. The average molecular weight is 418 g/mol. The lowest BCUT2D eigenvalue weighted by Gasteiger charge is -2.22. The number of hydrogen-bond acceptors (Lipinski definition) is 5. The van der Waals surface area contributed by atoms with Crippen LogP contribution in [-0.4, -0.2) is 31.2 Å². The highest BCUT2D eigenvalue weighted by atomic mass is 32.2. The molecule has 2 aromatic heterocycles. The lowest BCUT2D eigenvalue weighted by atomic mass is 10.1. The van der Waals surface area contributed by atoms with Gasteiger partial charge in [-0.1, -0.05) is 17.7 Å². The summed E-state index contributed by atoms with van der Waals surface area (Å²) in [6.07, 6.45) is 0. The summed E-state index contributed by atoms with van der Waals surface area (Å²) in [5, 5.41) is 5.95. The fourth-order valence-corrected chi connectivity index (χ4v) is 6.00. The normalized spacial score (nSPS) is 11.6. The summed E-state index contributed by atoms with van der Waals surface area (Å²) in [6.45, 7) is 9.12. The highest BCUT2D eigenvalue weighted by Gasteiger charge is 2.29. The van der Waals surface area contributed by atoms with Crippen LogP contribution < -0.4 is 4.31 Å². The highest BCUT2D eigenvalue weighted by Crippen LogP contribution is 2.33. The second-order valence-corrected chi connectivity index (χ2v) is 9.80. The van der Waals surface area contributed by atoms with Gasteiger partial charge in [-0.25, -0.2) is 13.1 Å². The Morgan fingerprint density at radius 3 is 2.21 bits per heavy atom. The van der Waals surface area contributed by atoms with Crippen LogP contribution in [0.3, 0.4) is 0 Å². The fourth-order valence-electron chi connectivity index (χ4n) is 3.48. The molecule has 0 radical (unpaired) electrons. The van der Waals surface area contributed by atoms with Gasteiger partial charge in [-0.3, -0.25) is 9.10 Å². The van der Waals surface area contributed by atoms with E-state index in [1.807, 2.05) is 32.0 Å². The number of aromatic nitrogens is 2. The van der Waals surface area contributed by atoms with Crippen molar-refractivity contribution in [3.63, 3.8) is 0 Å². The van der Waals surface area contributed by atoms with E-state index in [1.54, 1.807) is 32.2 Å². The summed E-state index contributed by atoms with van der Waals surface area (Å²) in [4.78, 5) is 13.6. The first-order valence-electron chi connectivity index (χ1n) is 8.76. The molecule has 3 rings (SSSR count). The number of benzene rings is 1. The first kappa shape index (κ1) is 20.3. The summed E-state index contributed by atoms with van der Waals surface area (Å²) in [6, 6.07) is 7.16. The van der Waals surface area contributed by atoms with E-state index < -0.39 is 10.0 Å². The molecule has 0 N–H and O–H groups in total. The number of sulfonamides is 1. The van der Waals surface area contributed by atoms with Crippen LogP contribution in [0.15, 0.2) is 34.5 Å². The van der Waals surface area contributed by atoms with E-state index in [2.05, 4.69) is 5.10 Å². The van der Waals surface area contributed by atoms with Crippen molar-refractivity contribution in [3.8, 4) is 0 Å². The van der Waals surface area contributed by atoms with Crippen LogP contribution in [0.25, 0.3) is 0 Å². The molecule has 0 saturated carbocycles. The third-order valence-electron chi connectivity index (χ3n) is 4.60. The zero-order chi connectivity index (χ0) is 20.8.